The molecule has 0 N–H and O–H groups in total. The molecule has 98 valence electrons. The fraction of sp³-hybridized carbons (Fsp3) is 0.333. The molecule has 0 saturated heterocycles. The van der Waals surface area contributed by atoms with Crippen LogP contribution in [0.15, 0.2) is 24.5 Å². The van der Waals surface area contributed by atoms with Gasteiger partial charge >= 0.3 is 6.18 Å². The predicted octanol–water partition coefficient (Wildman–Crippen LogP) is 3.78. The van der Waals surface area contributed by atoms with Crippen molar-refractivity contribution in [3.8, 4) is 0 Å². The number of thioether (sulfide) groups is 1. The van der Waals surface area contributed by atoms with Crippen molar-refractivity contribution in [3.05, 3.63) is 35.7 Å². The van der Waals surface area contributed by atoms with E-state index in [0.717, 1.165) is 24.0 Å². The van der Waals surface area contributed by atoms with Gasteiger partial charge in [0.1, 0.15) is 0 Å². The third-order valence-electron chi connectivity index (χ3n) is 2.04. The Morgan fingerprint density at radius 2 is 2.22 bits per heavy atom. The van der Waals surface area contributed by atoms with Gasteiger partial charge in [0.05, 0.1) is 5.56 Å². The van der Waals surface area contributed by atoms with Gasteiger partial charge in [-0.25, -0.2) is 0 Å². The summed E-state index contributed by atoms with van der Waals surface area (Å²) in [4.78, 5) is 14.3. The van der Waals surface area contributed by atoms with Gasteiger partial charge in [-0.05, 0) is 12.5 Å². The van der Waals surface area contributed by atoms with Crippen molar-refractivity contribution >= 4 is 23.0 Å². The Labute approximate surface area is 107 Å². The highest BCUT2D eigenvalue weighted by molar-refractivity contribution is 8.13. The minimum atomic E-state index is -4.38. The number of nitrogens with zero attached hydrogens (tertiary/aromatic N) is 1. The van der Waals surface area contributed by atoms with E-state index in [9.17, 15) is 18.0 Å². The summed E-state index contributed by atoms with van der Waals surface area (Å²) in [6, 6.07) is 0.948. The van der Waals surface area contributed by atoms with Crippen molar-refractivity contribution in [3.63, 3.8) is 0 Å². The van der Waals surface area contributed by atoms with Crippen LogP contribution in [-0.4, -0.2) is 15.9 Å². The fourth-order valence-electron chi connectivity index (χ4n) is 1.28. The summed E-state index contributed by atoms with van der Waals surface area (Å²) in [6.45, 7) is 1.46. The Bertz CT molecular complexity index is 443. The third kappa shape index (κ3) is 4.91. The molecular weight excluding hydrogens is 263 g/mol. The van der Waals surface area contributed by atoms with Gasteiger partial charge in [-0.1, -0.05) is 23.9 Å². The van der Waals surface area contributed by atoms with E-state index in [2.05, 4.69) is 4.98 Å². The summed E-state index contributed by atoms with van der Waals surface area (Å²) < 4.78 is 37.9. The van der Waals surface area contributed by atoms with Crippen molar-refractivity contribution in [1.29, 1.82) is 0 Å². The number of allylic oxidation sites excluding steroid dienone is 1. The fourth-order valence-corrected chi connectivity index (χ4v) is 1.82. The van der Waals surface area contributed by atoms with E-state index in [1.807, 2.05) is 0 Å². The van der Waals surface area contributed by atoms with Crippen LogP contribution in [0.4, 0.5) is 13.2 Å². The van der Waals surface area contributed by atoms with E-state index < -0.39 is 11.7 Å². The normalized spacial score (nSPS) is 12.0. The largest absolute Gasteiger partial charge is 0.417 e. The number of alkyl halides is 3. The first-order valence-electron chi connectivity index (χ1n) is 5.22. The molecule has 1 aromatic rings. The van der Waals surface area contributed by atoms with Crippen LogP contribution in [0.2, 0.25) is 0 Å². The maximum absolute atomic E-state index is 12.6. The number of carbonyl (C=O) groups is 1. The zero-order valence-corrected chi connectivity index (χ0v) is 10.5. The molecule has 0 spiro atoms. The molecule has 0 aromatic carbocycles. The zero-order valence-electron chi connectivity index (χ0n) is 9.70. The Balaban J connectivity index is 2.67. The van der Waals surface area contributed by atoms with Crippen LogP contribution in [0, 0.1) is 0 Å². The summed E-state index contributed by atoms with van der Waals surface area (Å²) in [5.41, 5.74) is -0.661. The zero-order chi connectivity index (χ0) is 13.6. The van der Waals surface area contributed by atoms with Crippen molar-refractivity contribution in [2.24, 2.45) is 0 Å². The quantitative estimate of drug-likeness (QED) is 0.783. The van der Waals surface area contributed by atoms with Crippen molar-refractivity contribution < 1.29 is 18.0 Å². The molecule has 0 saturated carbocycles. The number of aromatic nitrogens is 1. The van der Waals surface area contributed by atoms with Crippen LogP contribution in [0.25, 0.3) is 6.08 Å². The Morgan fingerprint density at radius 3 is 2.83 bits per heavy atom. The summed E-state index contributed by atoms with van der Waals surface area (Å²) >= 11 is 1.15. The van der Waals surface area contributed by atoms with Gasteiger partial charge in [0.2, 0.25) is 0 Å². The van der Waals surface area contributed by atoms with E-state index in [4.69, 9.17) is 0 Å². The minimum absolute atomic E-state index is 0.000702. The lowest BCUT2D eigenvalue weighted by molar-refractivity contribution is -0.137. The molecule has 1 rings (SSSR count). The number of hydrogen-bond acceptors (Lipinski definition) is 3. The number of halogens is 3. The first kappa shape index (κ1) is 14.8. The highest BCUT2D eigenvalue weighted by Gasteiger charge is 2.32. The van der Waals surface area contributed by atoms with E-state index >= 15 is 0 Å². The summed E-state index contributed by atoms with van der Waals surface area (Å²) in [6.07, 6.45) is 1.45. The lowest BCUT2D eigenvalue weighted by Gasteiger charge is -2.08. The molecule has 0 radical (unpaired) electrons. The molecule has 0 amide bonds. The molecule has 0 aliphatic rings. The predicted molar refractivity (Wildman–Crippen MR) is 66.0 cm³/mol. The van der Waals surface area contributed by atoms with Gasteiger partial charge in [0.25, 0.3) is 0 Å². The van der Waals surface area contributed by atoms with Gasteiger partial charge in [-0.2, -0.15) is 13.2 Å². The standard InChI is InChI=1S/C12H12F3NOS/c1-9(17)18-7-3-2-4-10-8-16-6-5-11(10)12(13,14)15/h2,4-6,8H,3,7H2,1H3. The number of hydrogen-bond donors (Lipinski definition) is 0. The van der Waals surface area contributed by atoms with Crippen LogP contribution < -0.4 is 0 Å². The molecule has 0 aliphatic heterocycles. The molecule has 0 bridgehead atoms. The lowest BCUT2D eigenvalue weighted by atomic mass is 10.1. The summed E-state index contributed by atoms with van der Waals surface area (Å²) in [5.74, 6) is 0.563. The Morgan fingerprint density at radius 1 is 1.50 bits per heavy atom. The van der Waals surface area contributed by atoms with Crippen LogP contribution in [0.1, 0.15) is 24.5 Å². The first-order valence-corrected chi connectivity index (χ1v) is 6.21. The highest BCUT2D eigenvalue weighted by Crippen LogP contribution is 2.31. The number of pyridine rings is 1. The molecule has 0 atom stereocenters. The average molecular weight is 275 g/mol. The van der Waals surface area contributed by atoms with Crippen LogP contribution in [-0.2, 0) is 11.0 Å². The maximum atomic E-state index is 12.6. The van der Waals surface area contributed by atoms with Crippen molar-refractivity contribution in [2.45, 2.75) is 19.5 Å². The molecule has 6 heteroatoms. The Kier molecular flexibility index (Phi) is 5.40. The van der Waals surface area contributed by atoms with Crippen molar-refractivity contribution in [2.75, 3.05) is 5.75 Å². The van der Waals surface area contributed by atoms with Crippen LogP contribution in [0.3, 0.4) is 0 Å². The smallest absolute Gasteiger partial charge is 0.288 e. The topological polar surface area (TPSA) is 30.0 Å². The second-order valence-corrected chi connectivity index (χ2v) is 4.76. The minimum Gasteiger partial charge on any atom is -0.288 e. The molecule has 2 nitrogen and oxygen atoms in total. The average Bonchev–Trinajstić information content (AvgIpc) is 2.27. The maximum Gasteiger partial charge on any atom is 0.417 e. The molecule has 1 heterocycles. The number of rotatable bonds is 4. The van der Waals surface area contributed by atoms with E-state index in [0.29, 0.717) is 12.2 Å². The lowest BCUT2D eigenvalue weighted by Crippen LogP contribution is -2.07. The van der Waals surface area contributed by atoms with Crippen molar-refractivity contribution in [1.82, 2.24) is 4.98 Å². The monoisotopic (exact) mass is 275 g/mol. The molecule has 0 fully saturated rings. The van der Waals surface area contributed by atoms with Crippen LogP contribution in [0.5, 0.6) is 0 Å². The third-order valence-corrected chi connectivity index (χ3v) is 2.89. The van der Waals surface area contributed by atoms with Crippen LogP contribution >= 0.6 is 11.8 Å². The number of carbonyl (C=O) groups excluding carboxylic acids is 1. The second kappa shape index (κ2) is 6.58. The molecular formula is C12H12F3NOS. The Hall–Kier alpha value is -1.30. The second-order valence-electron chi connectivity index (χ2n) is 3.49. The van der Waals surface area contributed by atoms with E-state index in [-0.39, 0.29) is 10.7 Å². The van der Waals surface area contributed by atoms with E-state index in [1.165, 1.54) is 19.2 Å². The highest BCUT2D eigenvalue weighted by atomic mass is 32.2. The molecule has 1 aromatic heterocycles. The van der Waals surface area contributed by atoms with Gasteiger partial charge in [0, 0.05) is 30.6 Å². The summed E-state index contributed by atoms with van der Waals surface area (Å²) in [5, 5.41) is 0.000702. The molecule has 0 aliphatic carbocycles. The van der Waals surface area contributed by atoms with Gasteiger partial charge < -0.3 is 0 Å². The van der Waals surface area contributed by atoms with Gasteiger partial charge in [-0.3, -0.25) is 9.78 Å². The van der Waals surface area contributed by atoms with E-state index in [1.54, 1.807) is 6.08 Å². The van der Waals surface area contributed by atoms with Gasteiger partial charge in [-0.15, -0.1) is 0 Å². The molecule has 0 unspecified atom stereocenters. The van der Waals surface area contributed by atoms with Gasteiger partial charge in [0.15, 0.2) is 5.12 Å². The summed E-state index contributed by atoms with van der Waals surface area (Å²) in [7, 11) is 0. The SMILES string of the molecule is CC(=O)SCCC=Cc1cnccc1C(F)(F)F. The first-order chi connectivity index (χ1) is 8.41. The molecule has 18 heavy (non-hydrogen) atoms.